The minimum absolute atomic E-state index is 0. The number of ether oxygens (including phenoxy) is 1. The number of rotatable bonds is 9. The first-order valence-corrected chi connectivity index (χ1v) is 9.54. The molecule has 3 N–H and O–H groups in total. The van der Waals surface area contributed by atoms with Gasteiger partial charge < -0.3 is 20.7 Å². The van der Waals surface area contributed by atoms with Crippen LogP contribution in [0.4, 0.5) is 0 Å². The molecule has 0 aromatic heterocycles. The van der Waals surface area contributed by atoms with Gasteiger partial charge in [0.2, 0.25) is 0 Å². The van der Waals surface area contributed by atoms with Crippen LogP contribution < -0.4 is 20.7 Å². The minimum Gasteiger partial charge on any atom is -0.497 e. The summed E-state index contributed by atoms with van der Waals surface area (Å²) in [4.78, 5) is 16.0. The Hall–Kier alpha value is -2.29. The predicted molar refractivity (Wildman–Crippen MR) is 130 cm³/mol. The molecule has 0 fully saturated rings. The Balaban J connectivity index is 0.00000420. The van der Waals surface area contributed by atoms with Gasteiger partial charge in [0.15, 0.2) is 5.96 Å². The Labute approximate surface area is 190 Å². The summed E-state index contributed by atoms with van der Waals surface area (Å²) in [5.74, 6) is 1.61. The lowest BCUT2D eigenvalue weighted by molar-refractivity contribution is 0.0963. The minimum atomic E-state index is -0.0664. The van der Waals surface area contributed by atoms with Gasteiger partial charge >= 0.3 is 0 Å². The summed E-state index contributed by atoms with van der Waals surface area (Å²) in [7, 11) is 5.09. The highest BCUT2D eigenvalue weighted by Crippen LogP contribution is 2.13. The number of guanidine groups is 1. The fourth-order valence-electron chi connectivity index (χ4n) is 2.89. The van der Waals surface area contributed by atoms with Crippen LogP contribution in [0.3, 0.4) is 0 Å². The number of hydrogen-bond acceptors (Lipinski definition) is 3. The van der Waals surface area contributed by atoms with E-state index in [2.05, 4.69) is 33.1 Å². The first kappa shape index (κ1) is 24.7. The van der Waals surface area contributed by atoms with Crippen molar-refractivity contribution in [3.8, 4) is 5.75 Å². The third-order valence-corrected chi connectivity index (χ3v) is 4.41. The summed E-state index contributed by atoms with van der Waals surface area (Å²) < 4.78 is 5.26. The molecular weight excluding hydrogens is 479 g/mol. The van der Waals surface area contributed by atoms with Crippen LogP contribution in [0.2, 0.25) is 0 Å². The van der Waals surface area contributed by atoms with Gasteiger partial charge in [-0.1, -0.05) is 24.3 Å². The molecule has 2 aromatic rings. The molecule has 29 heavy (non-hydrogen) atoms. The number of aryl methyl sites for hydroxylation is 1. The number of aliphatic imine (C=N–C) groups is 1. The van der Waals surface area contributed by atoms with Crippen LogP contribution in [0.15, 0.2) is 53.5 Å². The largest absolute Gasteiger partial charge is 0.497 e. The predicted octanol–water partition coefficient (Wildman–Crippen LogP) is 3.01. The first-order valence-electron chi connectivity index (χ1n) is 9.54. The lowest BCUT2D eigenvalue weighted by atomic mass is 10.1. The molecule has 0 unspecified atom stereocenters. The summed E-state index contributed by atoms with van der Waals surface area (Å²) in [6.07, 6.45) is 2.80. The van der Waals surface area contributed by atoms with Gasteiger partial charge in [-0.05, 0) is 54.7 Å². The van der Waals surface area contributed by atoms with Gasteiger partial charge in [-0.25, -0.2) is 0 Å². The zero-order chi connectivity index (χ0) is 20.2. The third-order valence-electron chi connectivity index (χ3n) is 4.41. The van der Waals surface area contributed by atoms with Crippen molar-refractivity contribution in [2.24, 2.45) is 4.99 Å². The fraction of sp³-hybridized carbons (Fsp3) is 0.364. The zero-order valence-corrected chi connectivity index (χ0v) is 19.7. The number of methoxy groups -OCH3 is 1. The number of benzene rings is 2. The normalized spacial score (nSPS) is 10.7. The van der Waals surface area contributed by atoms with Crippen LogP contribution in [0.1, 0.15) is 27.9 Å². The van der Waals surface area contributed by atoms with Gasteiger partial charge in [0.05, 0.1) is 7.11 Å². The van der Waals surface area contributed by atoms with Gasteiger partial charge in [0, 0.05) is 32.7 Å². The van der Waals surface area contributed by atoms with E-state index in [0.717, 1.165) is 49.6 Å². The summed E-state index contributed by atoms with van der Waals surface area (Å²) in [6, 6.07) is 15.8. The van der Waals surface area contributed by atoms with E-state index >= 15 is 0 Å². The Morgan fingerprint density at radius 1 is 1.00 bits per heavy atom. The van der Waals surface area contributed by atoms with Gasteiger partial charge in [-0.15, -0.1) is 24.0 Å². The van der Waals surface area contributed by atoms with Crippen LogP contribution >= 0.6 is 24.0 Å². The second-order valence-corrected chi connectivity index (χ2v) is 6.41. The molecule has 0 saturated heterocycles. The molecule has 0 aliphatic carbocycles. The third kappa shape index (κ3) is 8.72. The lowest BCUT2D eigenvalue weighted by Gasteiger charge is -2.12. The molecule has 0 heterocycles. The van der Waals surface area contributed by atoms with Crippen molar-refractivity contribution >= 4 is 35.8 Å². The molecule has 2 rings (SSSR count). The van der Waals surface area contributed by atoms with E-state index in [0.29, 0.717) is 5.56 Å². The standard InChI is InChI=1S/C22H30N4O2.HI/c1-23-21(27)19-10-4-7-18(15-19)12-14-26-22(24-2)25-13-6-9-17-8-5-11-20(16-17)28-3;/h4-5,7-8,10-11,15-16H,6,9,12-14H2,1-3H3,(H,23,27)(H2,24,25,26);1H. The second kappa shape index (κ2) is 13.8. The van der Waals surface area contributed by atoms with Gasteiger partial charge in [-0.3, -0.25) is 9.79 Å². The molecule has 0 spiro atoms. The SMILES string of the molecule is CN=C(NCCCc1cccc(OC)c1)NCCc1cccc(C(=O)NC)c1.I. The maximum Gasteiger partial charge on any atom is 0.251 e. The molecule has 2 aromatic carbocycles. The summed E-state index contributed by atoms with van der Waals surface area (Å²) >= 11 is 0. The highest BCUT2D eigenvalue weighted by atomic mass is 127. The van der Waals surface area contributed by atoms with E-state index in [-0.39, 0.29) is 29.9 Å². The van der Waals surface area contributed by atoms with Crippen LogP contribution in [0.5, 0.6) is 5.75 Å². The van der Waals surface area contributed by atoms with Crippen molar-refractivity contribution in [1.29, 1.82) is 0 Å². The van der Waals surface area contributed by atoms with Crippen molar-refractivity contribution < 1.29 is 9.53 Å². The number of amides is 1. The highest BCUT2D eigenvalue weighted by Gasteiger charge is 2.04. The van der Waals surface area contributed by atoms with E-state index in [9.17, 15) is 4.79 Å². The highest BCUT2D eigenvalue weighted by molar-refractivity contribution is 14.0. The monoisotopic (exact) mass is 510 g/mol. The van der Waals surface area contributed by atoms with Crippen LogP contribution in [-0.2, 0) is 12.8 Å². The average Bonchev–Trinajstić information content (AvgIpc) is 2.75. The molecule has 0 aliphatic heterocycles. The molecular formula is C22H31IN4O2. The van der Waals surface area contributed by atoms with Crippen molar-refractivity contribution in [2.75, 3.05) is 34.3 Å². The smallest absolute Gasteiger partial charge is 0.251 e. The van der Waals surface area contributed by atoms with Crippen LogP contribution in [-0.4, -0.2) is 46.2 Å². The molecule has 1 amide bonds. The van der Waals surface area contributed by atoms with E-state index < -0.39 is 0 Å². The van der Waals surface area contributed by atoms with E-state index in [4.69, 9.17) is 4.74 Å². The van der Waals surface area contributed by atoms with Crippen LogP contribution in [0, 0.1) is 0 Å². The maximum absolute atomic E-state index is 11.7. The van der Waals surface area contributed by atoms with Gasteiger partial charge in [0.25, 0.3) is 5.91 Å². The summed E-state index contributed by atoms with van der Waals surface area (Å²) in [5, 5.41) is 9.30. The van der Waals surface area contributed by atoms with E-state index in [1.54, 1.807) is 21.2 Å². The quantitative estimate of drug-likeness (QED) is 0.210. The van der Waals surface area contributed by atoms with Crippen molar-refractivity contribution in [3.05, 3.63) is 65.2 Å². The fourth-order valence-corrected chi connectivity index (χ4v) is 2.89. The Morgan fingerprint density at radius 3 is 2.38 bits per heavy atom. The van der Waals surface area contributed by atoms with Gasteiger partial charge in [0.1, 0.15) is 5.75 Å². The van der Waals surface area contributed by atoms with Crippen molar-refractivity contribution in [3.63, 3.8) is 0 Å². The number of hydrogen-bond donors (Lipinski definition) is 3. The van der Waals surface area contributed by atoms with Crippen LogP contribution in [0.25, 0.3) is 0 Å². The molecule has 0 radical (unpaired) electrons. The first-order chi connectivity index (χ1) is 13.7. The molecule has 0 atom stereocenters. The second-order valence-electron chi connectivity index (χ2n) is 6.41. The maximum atomic E-state index is 11.7. The van der Waals surface area contributed by atoms with Crippen molar-refractivity contribution in [2.45, 2.75) is 19.3 Å². The number of carbonyl (C=O) groups excluding carboxylic acids is 1. The Morgan fingerprint density at radius 2 is 1.69 bits per heavy atom. The molecule has 0 aliphatic rings. The van der Waals surface area contributed by atoms with Crippen molar-refractivity contribution in [1.82, 2.24) is 16.0 Å². The topological polar surface area (TPSA) is 74.8 Å². The molecule has 158 valence electrons. The van der Waals surface area contributed by atoms with Gasteiger partial charge in [-0.2, -0.15) is 0 Å². The Kier molecular flexibility index (Phi) is 11.8. The number of halogens is 1. The molecule has 7 heteroatoms. The number of nitrogens with one attached hydrogen (secondary N) is 3. The van der Waals surface area contributed by atoms with E-state index in [1.807, 2.05) is 36.4 Å². The molecule has 6 nitrogen and oxygen atoms in total. The Bertz CT molecular complexity index is 796. The van der Waals surface area contributed by atoms with E-state index in [1.165, 1.54) is 5.56 Å². The average molecular weight is 510 g/mol. The summed E-state index contributed by atoms with van der Waals surface area (Å²) in [6.45, 7) is 1.58. The molecule has 0 saturated carbocycles. The number of carbonyl (C=O) groups is 1. The molecule has 0 bridgehead atoms. The summed E-state index contributed by atoms with van der Waals surface area (Å²) in [5.41, 5.74) is 3.06. The number of nitrogens with zero attached hydrogens (tertiary/aromatic N) is 1. The lowest BCUT2D eigenvalue weighted by Crippen LogP contribution is -2.38. The zero-order valence-electron chi connectivity index (χ0n) is 17.3.